The fourth-order valence-electron chi connectivity index (χ4n) is 6.83. The van der Waals surface area contributed by atoms with Gasteiger partial charge in [0, 0.05) is 50.5 Å². The Labute approximate surface area is 238 Å². The molecule has 0 aromatic heterocycles. The highest BCUT2D eigenvalue weighted by Crippen LogP contribution is 2.55. The first-order chi connectivity index (χ1) is 19.1. The van der Waals surface area contributed by atoms with Crippen molar-refractivity contribution in [2.75, 3.05) is 26.2 Å². The molecule has 0 radical (unpaired) electrons. The van der Waals surface area contributed by atoms with E-state index in [1.165, 1.54) is 13.8 Å². The van der Waals surface area contributed by atoms with Gasteiger partial charge in [-0.15, -0.1) is 6.58 Å². The Bertz CT molecular complexity index is 1230. The number of carbonyl (C=O) groups is 3. The first kappa shape index (κ1) is 29.5. The molecule has 4 rings (SSSR count). The molecule has 40 heavy (non-hydrogen) atoms. The van der Waals surface area contributed by atoms with E-state index in [4.69, 9.17) is 9.47 Å². The summed E-state index contributed by atoms with van der Waals surface area (Å²) >= 11 is 0. The summed E-state index contributed by atoms with van der Waals surface area (Å²) in [5.74, 6) is 0.0578. The zero-order chi connectivity index (χ0) is 28.9. The largest absolute Gasteiger partial charge is 0.457 e. The molecule has 7 nitrogen and oxygen atoms in total. The molecule has 0 bridgehead atoms. The number of nitrogens with zero attached hydrogens (tertiary/aromatic N) is 2. The molecule has 1 amide bonds. The normalized spacial score (nSPS) is 24.6. The lowest BCUT2D eigenvalue weighted by Crippen LogP contribution is -2.68. The van der Waals surface area contributed by atoms with E-state index >= 15 is 0 Å². The van der Waals surface area contributed by atoms with Gasteiger partial charge in [-0.25, -0.2) is 0 Å². The summed E-state index contributed by atoms with van der Waals surface area (Å²) < 4.78 is 11.9. The fraction of sp³-hybridized carbons (Fsp3) is 0.485. The molecule has 0 spiro atoms. The van der Waals surface area contributed by atoms with Crippen LogP contribution in [0.15, 0.2) is 67.3 Å². The summed E-state index contributed by atoms with van der Waals surface area (Å²) in [7, 11) is 0. The monoisotopic (exact) mass is 546 g/mol. The van der Waals surface area contributed by atoms with Gasteiger partial charge in [-0.3, -0.25) is 19.3 Å². The summed E-state index contributed by atoms with van der Waals surface area (Å²) in [5, 5.41) is 0. The number of hydrogen-bond acceptors (Lipinski definition) is 6. The Morgan fingerprint density at radius 3 is 2.48 bits per heavy atom. The van der Waals surface area contributed by atoms with E-state index in [9.17, 15) is 14.4 Å². The predicted molar refractivity (Wildman–Crippen MR) is 155 cm³/mol. The average Bonchev–Trinajstić information content (AvgIpc) is 2.91. The second kappa shape index (κ2) is 12.4. The van der Waals surface area contributed by atoms with Crippen molar-refractivity contribution >= 4 is 17.8 Å². The summed E-state index contributed by atoms with van der Waals surface area (Å²) in [4.78, 5) is 42.7. The number of likely N-dealkylation sites (tertiary alicyclic amines) is 1. The molecule has 1 aliphatic heterocycles. The van der Waals surface area contributed by atoms with Crippen molar-refractivity contribution in [3.05, 3.63) is 78.4 Å². The summed E-state index contributed by atoms with van der Waals surface area (Å²) in [6, 6.07) is 17.0. The van der Waals surface area contributed by atoms with Gasteiger partial charge in [0.2, 0.25) is 0 Å². The van der Waals surface area contributed by atoms with Crippen LogP contribution in [0.5, 0.6) is 5.75 Å². The molecule has 1 saturated carbocycles. The molecule has 0 N–H and O–H groups in total. The number of esters is 2. The highest BCUT2D eigenvalue weighted by molar-refractivity contribution is 5.94. The van der Waals surface area contributed by atoms with Crippen LogP contribution in [0, 0.1) is 5.92 Å². The summed E-state index contributed by atoms with van der Waals surface area (Å²) in [6.45, 7) is 13.7. The molecular weight excluding hydrogens is 504 g/mol. The number of rotatable bonds is 9. The van der Waals surface area contributed by atoms with Crippen molar-refractivity contribution < 1.29 is 23.9 Å². The van der Waals surface area contributed by atoms with Gasteiger partial charge >= 0.3 is 11.9 Å². The van der Waals surface area contributed by atoms with Crippen molar-refractivity contribution in [3.63, 3.8) is 0 Å². The number of hydrogen-bond donors (Lipinski definition) is 0. The number of fused-ring (bicyclic) bond motifs is 1. The lowest BCUT2D eigenvalue weighted by atomic mass is 9.54. The third-order valence-electron chi connectivity index (χ3n) is 8.33. The van der Waals surface area contributed by atoms with Crippen LogP contribution in [0.25, 0.3) is 0 Å². The molecule has 2 aliphatic rings. The number of carbonyl (C=O) groups excluding carboxylic acids is 3. The maximum absolute atomic E-state index is 13.9. The average molecular weight is 547 g/mol. The van der Waals surface area contributed by atoms with E-state index in [0.717, 1.165) is 18.5 Å². The molecular formula is C33H42N2O5. The SMILES string of the molecule is C=CCN1CC[C@@]2(c3cccc(OC(C)=O)c3)C[C@@H](N(CC(C)C)C(=O)c3ccccc3)CC[C@]2(OC(C)=O)C1. The Kier molecular flexibility index (Phi) is 9.14. The number of benzene rings is 2. The molecule has 214 valence electrons. The van der Waals surface area contributed by atoms with Crippen LogP contribution >= 0.6 is 0 Å². The molecule has 1 heterocycles. The third-order valence-corrected chi connectivity index (χ3v) is 8.33. The van der Waals surface area contributed by atoms with Crippen LogP contribution in [0.4, 0.5) is 0 Å². The number of ether oxygens (including phenoxy) is 2. The van der Waals surface area contributed by atoms with E-state index in [2.05, 4.69) is 25.3 Å². The minimum Gasteiger partial charge on any atom is -0.457 e. The van der Waals surface area contributed by atoms with Crippen molar-refractivity contribution in [3.8, 4) is 5.75 Å². The summed E-state index contributed by atoms with van der Waals surface area (Å²) in [6.07, 6.45) is 4.57. The second-order valence-electron chi connectivity index (χ2n) is 11.7. The van der Waals surface area contributed by atoms with E-state index in [1.807, 2.05) is 59.5 Å². The predicted octanol–water partition coefficient (Wildman–Crippen LogP) is 5.39. The van der Waals surface area contributed by atoms with Crippen LogP contribution in [-0.2, 0) is 19.7 Å². The summed E-state index contributed by atoms with van der Waals surface area (Å²) in [5.41, 5.74) is 0.255. The quantitative estimate of drug-likeness (QED) is 0.238. The molecule has 7 heteroatoms. The number of piperidine rings is 1. The van der Waals surface area contributed by atoms with Crippen molar-refractivity contribution in [1.82, 2.24) is 9.80 Å². The molecule has 3 atom stereocenters. The molecule has 2 fully saturated rings. The number of amides is 1. The zero-order valence-corrected chi connectivity index (χ0v) is 24.2. The minimum atomic E-state index is -0.801. The maximum Gasteiger partial charge on any atom is 0.308 e. The van der Waals surface area contributed by atoms with E-state index in [1.54, 1.807) is 6.07 Å². The van der Waals surface area contributed by atoms with Crippen LogP contribution in [0.2, 0.25) is 0 Å². The van der Waals surface area contributed by atoms with Gasteiger partial charge in [-0.1, -0.05) is 50.3 Å². The highest BCUT2D eigenvalue weighted by Gasteiger charge is 2.61. The van der Waals surface area contributed by atoms with E-state index in [0.29, 0.717) is 50.2 Å². The minimum absolute atomic E-state index is 0.0205. The Morgan fingerprint density at radius 1 is 1.07 bits per heavy atom. The Hall–Kier alpha value is -3.45. The molecule has 2 aromatic rings. The van der Waals surface area contributed by atoms with Gasteiger partial charge in [-0.2, -0.15) is 0 Å². The molecule has 1 saturated heterocycles. The first-order valence-electron chi connectivity index (χ1n) is 14.3. The van der Waals surface area contributed by atoms with Gasteiger partial charge in [0.15, 0.2) is 0 Å². The van der Waals surface area contributed by atoms with Crippen molar-refractivity contribution in [2.24, 2.45) is 5.92 Å². The van der Waals surface area contributed by atoms with Crippen LogP contribution in [0.1, 0.15) is 69.3 Å². The van der Waals surface area contributed by atoms with Crippen LogP contribution in [0.3, 0.4) is 0 Å². The second-order valence-corrected chi connectivity index (χ2v) is 11.7. The third kappa shape index (κ3) is 6.15. The van der Waals surface area contributed by atoms with E-state index in [-0.39, 0.29) is 29.8 Å². The molecule has 0 unspecified atom stereocenters. The topological polar surface area (TPSA) is 76.2 Å². The maximum atomic E-state index is 13.9. The molecule has 1 aliphatic carbocycles. The van der Waals surface area contributed by atoms with Gasteiger partial charge in [0.1, 0.15) is 11.4 Å². The van der Waals surface area contributed by atoms with Gasteiger partial charge < -0.3 is 14.4 Å². The van der Waals surface area contributed by atoms with Gasteiger partial charge in [0.25, 0.3) is 5.91 Å². The Balaban J connectivity index is 1.83. The Morgan fingerprint density at radius 2 is 1.82 bits per heavy atom. The van der Waals surface area contributed by atoms with E-state index < -0.39 is 11.0 Å². The highest BCUT2D eigenvalue weighted by atomic mass is 16.6. The fourth-order valence-corrected chi connectivity index (χ4v) is 6.83. The smallest absolute Gasteiger partial charge is 0.308 e. The van der Waals surface area contributed by atoms with Gasteiger partial charge in [0.05, 0.1) is 0 Å². The van der Waals surface area contributed by atoms with Gasteiger partial charge in [-0.05, 0) is 68.0 Å². The van der Waals surface area contributed by atoms with Crippen LogP contribution < -0.4 is 4.74 Å². The van der Waals surface area contributed by atoms with Crippen molar-refractivity contribution in [2.45, 2.75) is 70.4 Å². The zero-order valence-electron chi connectivity index (χ0n) is 24.2. The van der Waals surface area contributed by atoms with Crippen LogP contribution in [-0.4, -0.2) is 65.5 Å². The lowest BCUT2D eigenvalue weighted by molar-refractivity contribution is -0.188. The lowest BCUT2D eigenvalue weighted by Gasteiger charge is -2.60. The molecule has 2 aromatic carbocycles. The first-order valence-corrected chi connectivity index (χ1v) is 14.3. The van der Waals surface area contributed by atoms with Crippen molar-refractivity contribution in [1.29, 1.82) is 0 Å². The standard InChI is InChI=1S/C33H42N2O5/c1-6-18-34-19-17-32(28-13-10-14-30(20-28)39-25(4)36)21-29(15-16-33(32,23-34)40-26(5)37)35(22-24(2)3)31(38)27-11-8-7-9-12-27/h6-14,20,24,29H,1,15-19,21-23H2,2-5H3/t29-,32-,33-/m0/s1.